The van der Waals surface area contributed by atoms with Crippen LogP contribution in [0.4, 0.5) is 18.0 Å². The molecule has 0 aromatic rings. The van der Waals surface area contributed by atoms with Crippen LogP contribution in [0.15, 0.2) is 0 Å². The highest BCUT2D eigenvalue weighted by Crippen LogP contribution is 2.40. The monoisotopic (exact) mass is 347 g/mol. The van der Waals surface area contributed by atoms with E-state index < -0.39 is 18.0 Å². The Labute approximate surface area is 139 Å². The summed E-state index contributed by atoms with van der Waals surface area (Å²) in [5, 5.41) is 2.77. The number of alkyl halides is 3. The lowest BCUT2D eigenvalue weighted by Gasteiger charge is -2.39. The van der Waals surface area contributed by atoms with Crippen molar-refractivity contribution in [2.24, 2.45) is 11.8 Å². The molecule has 2 aliphatic heterocycles. The highest BCUT2D eigenvalue weighted by atomic mass is 19.4. The Morgan fingerprint density at radius 3 is 2.38 bits per heavy atom. The number of carbonyl (C=O) groups is 2. The Bertz CT molecular complexity index is 489. The van der Waals surface area contributed by atoms with Crippen LogP contribution >= 0.6 is 0 Å². The summed E-state index contributed by atoms with van der Waals surface area (Å²) >= 11 is 0. The summed E-state index contributed by atoms with van der Waals surface area (Å²) in [5.41, 5.74) is 0. The van der Waals surface area contributed by atoms with Gasteiger partial charge in [0.15, 0.2) is 0 Å². The molecule has 1 saturated carbocycles. The smallest absolute Gasteiger partial charge is 0.342 e. The minimum atomic E-state index is -4.20. The highest BCUT2D eigenvalue weighted by Gasteiger charge is 2.44. The molecule has 5 nitrogen and oxygen atoms in total. The van der Waals surface area contributed by atoms with E-state index >= 15 is 0 Å². The van der Waals surface area contributed by atoms with Crippen molar-refractivity contribution in [2.75, 3.05) is 26.2 Å². The van der Waals surface area contributed by atoms with Gasteiger partial charge < -0.3 is 15.1 Å². The molecule has 0 radical (unpaired) electrons. The van der Waals surface area contributed by atoms with Crippen molar-refractivity contribution in [1.82, 2.24) is 15.1 Å². The largest absolute Gasteiger partial charge is 0.391 e. The molecular formula is C16H24F3N3O2. The number of halogens is 3. The van der Waals surface area contributed by atoms with E-state index in [9.17, 15) is 22.8 Å². The van der Waals surface area contributed by atoms with E-state index in [0.717, 1.165) is 0 Å². The van der Waals surface area contributed by atoms with Crippen molar-refractivity contribution < 1.29 is 22.8 Å². The molecule has 8 heteroatoms. The van der Waals surface area contributed by atoms with E-state index in [2.05, 4.69) is 5.32 Å². The van der Waals surface area contributed by atoms with Gasteiger partial charge >= 0.3 is 12.2 Å². The van der Waals surface area contributed by atoms with E-state index in [-0.39, 0.29) is 30.8 Å². The Hall–Kier alpha value is -1.47. The number of hydrogen-bond acceptors (Lipinski definition) is 2. The van der Waals surface area contributed by atoms with E-state index in [1.165, 1.54) is 0 Å². The molecule has 2 heterocycles. The normalized spacial score (nSPS) is 29.7. The lowest BCUT2D eigenvalue weighted by molar-refractivity contribution is -0.187. The van der Waals surface area contributed by atoms with Crippen molar-refractivity contribution in [3.05, 3.63) is 0 Å². The van der Waals surface area contributed by atoms with Crippen molar-refractivity contribution in [3.63, 3.8) is 0 Å². The molecular weight excluding hydrogens is 323 g/mol. The second-order valence-corrected chi connectivity index (χ2v) is 7.08. The van der Waals surface area contributed by atoms with Crippen LogP contribution in [-0.4, -0.2) is 60.1 Å². The van der Waals surface area contributed by atoms with Crippen LogP contribution in [0.3, 0.4) is 0 Å². The summed E-state index contributed by atoms with van der Waals surface area (Å²) in [6.45, 7) is 2.40. The third-order valence-corrected chi connectivity index (χ3v) is 5.59. The maximum atomic E-state index is 12.9. The molecule has 0 unspecified atom stereocenters. The van der Waals surface area contributed by atoms with Crippen LogP contribution in [-0.2, 0) is 4.79 Å². The van der Waals surface area contributed by atoms with Crippen molar-refractivity contribution in [3.8, 4) is 0 Å². The quantitative estimate of drug-likeness (QED) is 0.834. The van der Waals surface area contributed by atoms with Crippen LogP contribution in [0.5, 0.6) is 0 Å². The highest BCUT2D eigenvalue weighted by molar-refractivity contribution is 5.79. The number of hydrogen-bond donors (Lipinski definition) is 1. The Morgan fingerprint density at radius 1 is 1.08 bits per heavy atom. The molecule has 0 spiro atoms. The third-order valence-electron chi connectivity index (χ3n) is 5.59. The van der Waals surface area contributed by atoms with Crippen molar-refractivity contribution in [1.29, 1.82) is 0 Å². The van der Waals surface area contributed by atoms with Crippen LogP contribution in [0, 0.1) is 11.8 Å². The number of urea groups is 1. The molecule has 0 aromatic carbocycles. The first-order valence-corrected chi connectivity index (χ1v) is 8.76. The number of piperidine rings is 1. The standard InChI is InChI=1S/C16H24F3N3O2/c17-16(18,19)12-3-1-2-11(10-12)14(23)21-7-4-13(5-8-21)22-9-6-20-15(22)24/h11-13H,1-10H2,(H,20,24)/t11-,12-/m1/s1. The fourth-order valence-electron chi connectivity index (χ4n) is 4.20. The summed E-state index contributed by atoms with van der Waals surface area (Å²) in [4.78, 5) is 27.8. The van der Waals surface area contributed by atoms with E-state index in [0.29, 0.717) is 51.9 Å². The van der Waals surface area contributed by atoms with Crippen LogP contribution < -0.4 is 5.32 Å². The number of likely N-dealkylation sites (tertiary alicyclic amines) is 1. The number of carbonyl (C=O) groups excluding carboxylic acids is 2. The molecule has 1 aliphatic carbocycles. The maximum Gasteiger partial charge on any atom is 0.391 e. The van der Waals surface area contributed by atoms with Gasteiger partial charge in [-0.25, -0.2) is 4.79 Å². The summed E-state index contributed by atoms with van der Waals surface area (Å²) < 4.78 is 38.7. The van der Waals surface area contributed by atoms with Gasteiger partial charge in [-0.1, -0.05) is 6.42 Å². The molecule has 136 valence electrons. The van der Waals surface area contributed by atoms with Gasteiger partial charge in [-0.15, -0.1) is 0 Å². The van der Waals surface area contributed by atoms with Gasteiger partial charge in [0.05, 0.1) is 5.92 Å². The lowest BCUT2D eigenvalue weighted by Crippen LogP contribution is -2.49. The second kappa shape index (κ2) is 6.80. The number of nitrogens with zero attached hydrogens (tertiary/aromatic N) is 2. The molecule has 1 N–H and O–H groups in total. The Morgan fingerprint density at radius 2 is 1.79 bits per heavy atom. The SMILES string of the molecule is O=C([C@@H]1CCC[C@@H](C(F)(F)F)C1)N1CCC(N2CCNC2=O)CC1. The number of rotatable bonds is 2. The molecule has 3 fully saturated rings. The van der Waals surface area contributed by atoms with E-state index in [4.69, 9.17) is 0 Å². The van der Waals surface area contributed by atoms with E-state index in [1.54, 1.807) is 4.90 Å². The minimum Gasteiger partial charge on any atom is -0.342 e. The van der Waals surface area contributed by atoms with Crippen molar-refractivity contribution in [2.45, 2.75) is 50.7 Å². The van der Waals surface area contributed by atoms with Gasteiger partial charge in [0.2, 0.25) is 5.91 Å². The van der Waals surface area contributed by atoms with Gasteiger partial charge in [0.1, 0.15) is 0 Å². The first kappa shape index (κ1) is 17.4. The zero-order valence-corrected chi connectivity index (χ0v) is 13.6. The molecule has 24 heavy (non-hydrogen) atoms. The third kappa shape index (κ3) is 3.62. The van der Waals surface area contributed by atoms with Crippen LogP contribution in [0.2, 0.25) is 0 Å². The van der Waals surface area contributed by atoms with Crippen LogP contribution in [0.25, 0.3) is 0 Å². The Balaban J connectivity index is 1.52. The second-order valence-electron chi connectivity index (χ2n) is 7.08. The molecule has 3 rings (SSSR count). The first-order chi connectivity index (χ1) is 11.4. The van der Waals surface area contributed by atoms with Gasteiger partial charge in [-0.05, 0) is 32.1 Å². The summed E-state index contributed by atoms with van der Waals surface area (Å²) in [5.74, 6) is -1.98. The maximum absolute atomic E-state index is 12.9. The molecule has 0 bridgehead atoms. The van der Waals surface area contributed by atoms with Gasteiger partial charge in [0.25, 0.3) is 0 Å². The van der Waals surface area contributed by atoms with Crippen LogP contribution in [0.1, 0.15) is 38.5 Å². The van der Waals surface area contributed by atoms with E-state index in [1.807, 2.05) is 4.90 Å². The van der Waals surface area contributed by atoms with Gasteiger partial charge in [-0.3, -0.25) is 4.79 Å². The lowest BCUT2D eigenvalue weighted by atomic mass is 9.80. The zero-order chi connectivity index (χ0) is 17.3. The fourth-order valence-corrected chi connectivity index (χ4v) is 4.20. The average molecular weight is 347 g/mol. The summed E-state index contributed by atoms with van der Waals surface area (Å²) in [7, 11) is 0. The van der Waals surface area contributed by atoms with Crippen molar-refractivity contribution >= 4 is 11.9 Å². The first-order valence-electron chi connectivity index (χ1n) is 8.76. The van der Waals surface area contributed by atoms with Gasteiger partial charge in [-0.2, -0.15) is 13.2 Å². The minimum absolute atomic E-state index is 0.0555. The predicted molar refractivity (Wildman–Crippen MR) is 81.2 cm³/mol. The Kier molecular flexibility index (Phi) is 4.92. The summed E-state index contributed by atoms with van der Waals surface area (Å²) in [6.07, 6.45) is -1.71. The fraction of sp³-hybridized carbons (Fsp3) is 0.875. The summed E-state index contributed by atoms with van der Waals surface area (Å²) in [6, 6.07) is 0.0749. The van der Waals surface area contributed by atoms with Gasteiger partial charge in [0, 0.05) is 38.1 Å². The molecule has 3 aliphatic rings. The molecule has 3 amide bonds. The number of amides is 3. The molecule has 2 atom stereocenters. The molecule has 0 aromatic heterocycles. The molecule has 2 saturated heterocycles. The topological polar surface area (TPSA) is 52.7 Å². The average Bonchev–Trinajstić information content (AvgIpc) is 3.00. The zero-order valence-electron chi connectivity index (χ0n) is 13.6. The number of nitrogens with one attached hydrogen (secondary N) is 1. The predicted octanol–water partition coefficient (Wildman–Crippen LogP) is 2.37.